The van der Waals surface area contributed by atoms with E-state index in [0.29, 0.717) is 5.65 Å². The molecule has 0 amide bonds. The number of fused-ring (bicyclic) bond motifs is 1. The third-order valence-electron chi connectivity index (χ3n) is 2.21. The minimum absolute atomic E-state index is 0.00930. The van der Waals surface area contributed by atoms with Gasteiger partial charge in [0.05, 0.1) is 24.9 Å². The number of hydrogen-bond acceptors (Lipinski definition) is 6. The summed E-state index contributed by atoms with van der Waals surface area (Å²) in [7, 11) is 0. The van der Waals surface area contributed by atoms with Crippen LogP contribution in [0.15, 0.2) is 11.1 Å². The van der Waals surface area contributed by atoms with E-state index in [1.54, 1.807) is 0 Å². The maximum Gasteiger partial charge on any atom is 0.280 e. The molecule has 0 saturated heterocycles. The fraction of sp³-hybridized carbons (Fsp3) is 0.444. The van der Waals surface area contributed by atoms with Crippen LogP contribution in [0.4, 0.5) is 5.95 Å². The third-order valence-corrected chi connectivity index (χ3v) is 2.57. The summed E-state index contributed by atoms with van der Waals surface area (Å²) in [6, 6.07) is 0. The molecule has 4 N–H and O–H groups in total. The number of anilines is 1. The first kappa shape index (κ1) is 12.8. The van der Waals surface area contributed by atoms with Gasteiger partial charge in [-0.3, -0.25) is 14.3 Å². The molecule has 0 aromatic carbocycles. The fourth-order valence-electron chi connectivity index (χ4n) is 1.40. The van der Waals surface area contributed by atoms with Crippen molar-refractivity contribution in [3.05, 3.63) is 16.7 Å². The molecule has 18 heavy (non-hydrogen) atoms. The zero-order chi connectivity index (χ0) is 13.1. The van der Waals surface area contributed by atoms with Crippen molar-refractivity contribution >= 4 is 28.7 Å². The lowest BCUT2D eigenvalue weighted by atomic mass is 10.4. The van der Waals surface area contributed by atoms with Gasteiger partial charge in [0.1, 0.15) is 6.73 Å². The fourth-order valence-corrected chi connectivity index (χ4v) is 1.49. The summed E-state index contributed by atoms with van der Waals surface area (Å²) >= 11 is 5.43. The highest BCUT2D eigenvalue weighted by Gasteiger charge is 2.09. The van der Waals surface area contributed by atoms with Gasteiger partial charge in [-0.15, -0.1) is 11.6 Å². The number of nitrogens with two attached hydrogens (primary N) is 1. The molecule has 98 valence electrons. The average molecular weight is 274 g/mol. The number of rotatable bonds is 5. The van der Waals surface area contributed by atoms with Gasteiger partial charge in [0, 0.05) is 0 Å². The van der Waals surface area contributed by atoms with Crippen molar-refractivity contribution in [2.45, 2.75) is 12.8 Å². The topological polar surface area (TPSA) is 119 Å². The largest absolute Gasteiger partial charge is 0.389 e. The Balaban J connectivity index is 2.17. The molecule has 0 radical (unpaired) electrons. The Kier molecular flexibility index (Phi) is 3.80. The molecule has 1 atom stereocenters. The quantitative estimate of drug-likeness (QED) is 0.618. The molecule has 0 fully saturated rings. The Bertz CT molecular complexity index is 595. The first-order chi connectivity index (χ1) is 8.61. The molecule has 2 rings (SSSR count). The lowest BCUT2D eigenvalue weighted by Crippen LogP contribution is -2.18. The van der Waals surface area contributed by atoms with Crippen molar-refractivity contribution in [2.75, 3.05) is 18.2 Å². The van der Waals surface area contributed by atoms with Crippen LogP contribution in [0.5, 0.6) is 0 Å². The van der Waals surface area contributed by atoms with E-state index in [4.69, 9.17) is 22.1 Å². The average Bonchev–Trinajstić information content (AvgIpc) is 2.72. The van der Waals surface area contributed by atoms with Gasteiger partial charge in [-0.1, -0.05) is 0 Å². The number of halogens is 1. The van der Waals surface area contributed by atoms with Crippen LogP contribution in [-0.2, 0) is 11.5 Å². The van der Waals surface area contributed by atoms with Gasteiger partial charge in [-0.05, 0) is 0 Å². The number of ether oxygens (including phenoxy) is 1. The molecular formula is C9H12ClN5O3. The molecule has 2 aromatic heterocycles. The highest BCUT2D eigenvalue weighted by Crippen LogP contribution is 2.06. The second kappa shape index (κ2) is 5.34. The first-order valence-electron chi connectivity index (χ1n) is 5.14. The zero-order valence-corrected chi connectivity index (χ0v) is 10.1. The highest BCUT2D eigenvalue weighted by molar-refractivity contribution is 6.18. The molecule has 8 nitrogen and oxygen atoms in total. The van der Waals surface area contributed by atoms with E-state index in [-0.39, 0.29) is 30.7 Å². The standard InChI is InChI=1S/C9H12ClN5O3/c10-1-5(16)2-18-4-15-3-12-6-7(15)13-9(11)14-8(6)17/h3,5,16H,1-2,4H2,(H3,11,13,14,17). The number of nitrogens with one attached hydrogen (secondary N) is 1. The Morgan fingerprint density at radius 2 is 2.44 bits per heavy atom. The number of H-pyrrole nitrogens is 1. The van der Waals surface area contributed by atoms with Crippen LogP contribution in [0.3, 0.4) is 0 Å². The molecule has 9 heteroatoms. The number of nitrogens with zero attached hydrogens (tertiary/aromatic N) is 3. The number of nitrogen functional groups attached to an aromatic ring is 1. The van der Waals surface area contributed by atoms with Crippen molar-refractivity contribution in [1.29, 1.82) is 0 Å². The smallest absolute Gasteiger partial charge is 0.280 e. The maximum absolute atomic E-state index is 11.5. The Morgan fingerprint density at radius 3 is 3.17 bits per heavy atom. The lowest BCUT2D eigenvalue weighted by Gasteiger charge is -2.08. The first-order valence-corrected chi connectivity index (χ1v) is 5.67. The van der Waals surface area contributed by atoms with Crippen molar-refractivity contribution in [1.82, 2.24) is 19.5 Å². The van der Waals surface area contributed by atoms with Gasteiger partial charge in [-0.25, -0.2) is 4.98 Å². The van der Waals surface area contributed by atoms with Gasteiger partial charge in [-0.2, -0.15) is 4.98 Å². The normalized spacial score (nSPS) is 13.0. The van der Waals surface area contributed by atoms with Gasteiger partial charge in [0.25, 0.3) is 5.56 Å². The second-order valence-electron chi connectivity index (χ2n) is 3.65. The lowest BCUT2D eigenvalue weighted by molar-refractivity contribution is 0.0153. The molecule has 0 bridgehead atoms. The molecule has 2 aromatic rings. The summed E-state index contributed by atoms with van der Waals surface area (Å²) in [5.41, 5.74) is 5.56. The molecule has 1 unspecified atom stereocenters. The van der Waals surface area contributed by atoms with Crippen LogP contribution in [0.25, 0.3) is 11.2 Å². The van der Waals surface area contributed by atoms with Crippen LogP contribution in [0.2, 0.25) is 0 Å². The van der Waals surface area contributed by atoms with E-state index in [2.05, 4.69) is 15.0 Å². The summed E-state index contributed by atoms with van der Waals surface area (Å²) in [5, 5.41) is 9.22. The van der Waals surface area contributed by atoms with Crippen LogP contribution < -0.4 is 11.3 Å². The van der Waals surface area contributed by atoms with Crippen molar-refractivity contribution in [3.63, 3.8) is 0 Å². The van der Waals surface area contributed by atoms with Crippen LogP contribution in [0, 0.1) is 0 Å². The molecular weight excluding hydrogens is 262 g/mol. The Labute approximate surface area is 106 Å². The van der Waals surface area contributed by atoms with E-state index in [1.165, 1.54) is 10.9 Å². The summed E-state index contributed by atoms with van der Waals surface area (Å²) in [6.45, 7) is 0.183. The Hall–Kier alpha value is -1.64. The number of aromatic nitrogens is 4. The highest BCUT2D eigenvalue weighted by atomic mass is 35.5. The van der Waals surface area contributed by atoms with Crippen LogP contribution >= 0.6 is 11.6 Å². The summed E-state index contributed by atoms with van der Waals surface area (Å²) in [4.78, 5) is 21.7. The predicted octanol–water partition coefficient (Wildman–Crippen LogP) is -0.724. The van der Waals surface area contributed by atoms with Gasteiger partial charge >= 0.3 is 0 Å². The zero-order valence-electron chi connectivity index (χ0n) is 9.34. The minimum atomic E-state index is -0.733. The summed E-state index contributed by atoms with van der Waals surface area (Å²) < 4.78 is 6.73. The van der Waals surface area contributed by atoms with Crippen LogP contribution in [0.1, 0.15) is 0 Å². The molecule has 0 aliphatic rings. The number of aromatic amines is 1. The third kappa shape index (κ3) is 2.61. The molecule has 2 heterocycles. The van der Waals surface area contributed by atoms with Gasteiger partial charge < -0.3 is 15.6 Å². The molecule has 0 saturated carbocycles. The van der Waals surface area contributed by atoms with E-state index in [0.717, 1.165) is 0 Å². The summed E-state index contributed by atoms with van der Waals surface area (Å²) in [5.74, 6) is 0.102. The van der Waals surface area contributed by atoms with E-state index in [1.807, 2.05) is 0 Å². The minimum Gasteiger partial charge on any atom is -0.389 e. The maximum atomic E-state index is 11.5. The van der Waals surface area contributed by atoms with E-state index in [9.17, 15) is 9.90 Å². The van der Waals surface area contributed by atoms with E-state index >= 15 is 0 Å². The number of alkyl halides is 1. The van der Waals surface area contributed by atoms with Crippen LogP contribution in [-0.4, -0.2) is 43.2 Å². The van der Waals surface area contributed by atoms with Crippen molar-refractivity contribution in [2.24, 2.45) is 0 Å². The SMILES string of the molecule is Nc1nc2c(ncn2COCC(O)CCl)c(=O)[nH]1. The van der Waals surface area contributed by atoms with Crippen molar-refractivity contribution in [3.8, 4) is 0 Å². The second-order valence-corrected chi connectivity index (χ2v) is 3.95. The monoisotopic (exact) mass is 273 g/mol. The van der Waals surface area contributed by atoms with Gasteiger partial charge in [0.15, 0.2) is 11.2 Å². The van der Waals surface area contributed by atoms with Crippen molar-refractivity contribution < 1.29 is 9.84 Å². The number of hydrogen-bond donors (Lipinski definition) is 3. The number of aliphatic hydroxyl groups is 1. The predicted molar refractivity (Wildman–Crippen MR) is 65.2 cm³/mol. The Morgan fingerprint density at radius 1 is 1.67 bits per heavy atom. The van der Waals surface area contributed by atoms with E-state index < -0.39 is 11.7 Å². The number of aliphatic hydroxyl groups excluding tert-OH is 1. The molecule has 0 spiro atoms. The molecule has 0 aliphatic heterocycles. The van der Waals surface area contributed by atoms with Gasteiger partial charge in [0.2, 0.25) is 5.95 Å². The molecule has 0 aliphatic carbocycles. The summed E-state index contributed by atoms with van der Waals surface area (Å²) in [6.07, 6.45) is 0.683. The number of imidazole rings is 1.